The SMILES string of the molecule is Cc1cc(-c2ccncc2)cc(C)c1O.Cc1cc(-c2ccncc2)cc(C)c1Oc1nc(Cl)nc2c1CN=N2.Cc1cc(-c2ccncc2)cc(C)c1Oc1nc(Nc2ccc(C#N)cc2)nc2c1CN=N2.Clc1nc(Cl)c2c(n1)N=NC2. The van der Waals surface area contributed by atoms with E-state index >= 15 is 0 Å². The van der Waals surface area contributed by atoms with E-state index in [9.17, 15) is 5.11 Å². The Kier molecular flexibility index (Phi) is 17.6. The number of nitrogens with one attached hydrogen (secondary N) is 1. The van der Waals surface area contributed by atoms with Crippen LogP contribution in [0.25, 0.3) is 33.4 Å². The van der Waals surface area contributed by atoms with Crippen LogP contribution in [0.3, 0.4) is 0 Å². The molecule has 416 valence electrons. The number of rotatable bonds is 9. The highest BCUT2D eigenvalue weighted by atomic mass is 35.5. The number of hydrogen-bond acceptors (Lipinski definition) is 20. The first-order valence-electron chi connectivity index (χ1n) is 25.9. The van der Waals surface area contributed by atoms with Crippen LogP contribution in [-0.4, -0.2) is 50.0 Å². The molecule has 0 saturated heterocycles. The molecule has 0 atom stereocenters. The standard InChI is InChI=1S/C25H19N7O.C18H14ClN5O.C13H13NO.C5H2Cl2N4/c1-15-11-19(18-7-9-27-10-8-18)12-16(2)22(15)33-24-21-14-28-32-23(21)30-25(31-24)29-20-5-3-17(13-26)4-6-20;1-10-7-13(12-3-5-20-6-4-12)8-11(2)15(10)25-17-14-9-21-24-16(14)22-18(19)23-17;1-9-7-12(8-10(2)13(9)15)11-3-5-14-6-4-11;6-3-2-1-8-11-4(2)10-5(7)9-3/h3-12H,14H2,1-2H3,(H,29,30,31);3-8H,9H2,1-2H3;3-8,15H,1-2H3;1H2. The predicted octanol–water partition coefficient (Wildman–Crippen LogP) is 16.8. The van der Waals surface area contributed by atoms with Gasteiger partial charge in [0.1, 0.15) is 22.4 Å². The monoisotopic (exact) mass is 1170 g/mol. The molecule has 9 heterocycles. The van der Waals surface area contributed by atoms with E-state index in [0.717, 1.165) is 101 Å². The number of nitrogens with zero attached hydrogens (tertiary/aromatic N) is 16. The van der Waals surface area contributed by atoms with Gasteiger partial charge in [-0.1, -0.05) is 11.6 Å². The number of phenols is 1. The van der Waals surface area contributed by atoms with E-state index < -0.39 is 0 Å². The van der Waals surface area contributed by atoms with E-state index in [-0.39, 0.29) is 10.6 Å². The van der Waals surface area contributed by atoms with E-state index in [1.54, 1.807) is 61.4 Å². The molecule has 0 aliphatic carbocycles. The molecule has 3 aliphatic heterocycles. The van der Waals surface area contributed by atoms with Crippen molar-refractivity contribution in [2.45, 2.75) is 61.2 Å². The van der Waals surface area contributed by atoms with Crippen LogP contribution < -0.4 is 14.8 Å². The Morgan fingerprint density at radius 2 is 0.833 bits per heavy atom. The number of ether oxygens (including phenoxy) is 2. The molecule has 0 bridgehead atoms. The Balaban J connectivity index is 0.000000135. The number of fused-ring (bicyclic) bond motifs is 3. The summed E-state index contributed by atoms with van der Waals surface area (Å²) in [4.78, 5) is 37.0. The van der Waals surface area contributed by atoms with Crippen LogP contribution in [0.4, 0.5) is 29.1 Å². The summed E-state index contributed by atoms with van der Waals surface area (Å²) >= 11 is 17.2. The molecule has 0 unspecified atom stereocenters. The lowest BCUT2D eigenvalue weighted by atomic mass is 10.0. The van der Waals surface area contributed by atoms with Crippen LogP contribution in [0, 0.1) is 52.9 Å². The second-order valence-electron chi connectivity index (χ2n) is 19.1. The number of hydrogen-bond donors (Lipinski definition) is 2. The van der Waals surface area contributed by atoms with Crippen LogP contribution in [0.2, 0.25) is 15.7 Å². The molecule has 10 aromatic rings. The van der Waals surface area contributed by atoms with Crippen molar-refractivity contribution in [3.63, 3.8) is 0 Å². The van der Waals surface area contributed by atoms with Gasteiger partial charge in [-0.25, -0.2) is 4.98 Å². The summed E-state index contributed by atoms with van der Waals surface area (Å²) in [7, 11) is 0. The maximum absolute atomic E-state index is 9.67. The van der Waals surface area contributed by atoms with Crippen LogP contribution in [0.5, 0.6) is 29.0 Å². The number of aromatic nitrogens is 9. The zero-order valence-electron chi connectivity index (χ0n) is 45.9. The summed E-state index contributed by atoms with van der Waals surface area (Å²) in [6, 6.07) is 33.3. The summed E-state index contributed by atoms with van der Waals surface area (Å²) < 4.78 is 12.4. The van der Waals surface area contributed by atoms with Gasteiger partial charge in [-0.15, -0.1) is 15.3 Å². The summed E-state index contributed by atoms with van der Waals surface area (Å²) in [5.41, 5.74) is 16.0. The number of phenolic OH excluding ortho intramolecular Hbond substituents is 1. The van der Waals surface area contributed by atoms with Crippen LogP contribution in [0.15, 0.2) is 165 Å². The van der Waals surface area contributed by atoms with Crippen molar-refractivity contribution in [3.05, 3.63) is 206 Å². The average molecular weight is 1170 g/mol. The third kappa shape index (κ3) is 13.5. The van der Waals surface area contributed by atoms with Gasteiger partial charge < -0.3 is 19.9 Å². The lowest BCUT2D eigenvalue weighted by molar-refractivity contribution is 0.449. The lowest BCUT2D eigenvalue weighted by Crippen LogP contribution is -2.03. The maximum atomic E-state index is 9.67. The number of halogens is 3. The molecule has 4 aromatic carbocycles. The number of aryl methyl sites for hydroxylation is 6. The summed E-state index contributed by atoms with van der Waals surface area (Å²) in [6.45, 7) is 13.1. The van der Waals surface area contributed by atoms with Gasteiger partial charge in [0.2, 0.25) is 28.3 Å². The number of benzene rings is 4. The topological polar surface area (TPSA) is 265 Å². The molecule has 6 aromatic heterocycles. The van der Waals surface area contributed by atoms with Gasteiger partial charge >= 0.3 is 0 Å². The Labute approximate surface area is 497 Å². The molecule has 13 rings (SSSR count). The van der Waals surface area contributed by atoms with Gasteiger partial charge in [0, 0.05) is 42.9 Å². The maximum Gasteiger partial charge on any atom is 0.232 e. The molecule has 0 amide bonds. The quantitative estimate of drug-likeness (QED) is 0.101. The highest BCUT2D eigenvalue weighted by molar-refractivity contribution is 6.32. The number of aromatic hydroxyl groups is 1. The largest absolute Gasteiger partial charge is 0.507 e. The van der Waals surface area contributed by atoms with Crippen molar-refractivity contribution in [2.24, 2.45) is 30.7 Å². The molecule has 84 heavy (non-hydrogen) atoms. The van der Waals surface area contributed by atoms with E-state index in [1.807, 2.05) is 90.1 Å². The van der Waals surface area contributed by atoms with Crippen molar-refractivity contribution < 1.29 is 14.6 Å². The lowest BCUT2D eigenvalue weighted by Gasteiger charge is -2.16. The fourth-order valence-corrected chi connectivity index (χ4v) is 9.56. The molecule has 0 fully saturated rings. The van der Waals surface area contributed by atoms with Crippen molar-refractivity contribution >= 4 is 63.9 Å². The molecule has 2 N–H and O–H groups in total. The zero-order valence-corrected chi connectivity index (χ0v) is 48.1. The zero-order chi connectivity index (χ0) is 58.9. The Morgan fingerprint density at radius 3 is 1.27 bits per heavy atom. The molecule has 23 heteroatoms. The molecule has 20 nitrogen and oxygen atoms in total. The van der Waals surface area contributed by atoms with Crippen LogP contribution in [-0.2, 0) is 19.6 Å². The molecule has 3 aliphatic rings. The molecule has 0 radical (unpaired) electrons. The number of pyridine rings is 3. The van der Waals surface area contributed by atoms with Gasteiger partial charge in [0.05, 0.1) is 48.0 Å². The predicted molar refractivity (Wildman–Crippen MR) is 319 cm³/mol. The molecular formula is C61H48Cl3N17O3. The molecule has 0 spiro atoms. The number of azo groups is 3. The van der Waals surface area contributed by atoms with Gasteiger partial charge in [0.15, 0.2) is 17.5 Å². The minimum atomic E-state index is 0.0957. The highest BCUT2D eigenvalue weighted by Gasteiger charge is 2.24. The Bertz CT molecular complexity index is 4160. The second-order valence-corrected chi connectivity index (χ2v) is 20.1. The third-order valence-electron chi connectivity index (χ3n) is 13.1. The van der Waals surface area contributed by atoms with Crippen molar-refractivity contribution in [1.29, 1.82) is 5.26 Å². The van der Waals surface area contributed by atoms with Crippen molar-refractivity contribution in [1.82, 2.24) is 44.9 Å². The fourth-order valence-electron chi connectivity index (χ4n) is 8.97. The summed E-state index contributed by atoms with van der Waals surface area (Å²) in [5, 5.41) is 46.0. The first-order valence-corrected chi connectivity index (χ1v) is 27.0. The third-order valence-corrected chi connectivity index (χ3v) is 13.7. The first kappa shape index (κ1) is 57.2. The smallest absolute Gasteiger partial charge is 0.232 e. The van der Waals surface area contributed by atoms with Crippen molar-refractivity contribution in [2.75, 3.05) is 5.32 Å². The normalized spacial score (nSPS) is 11.9. The highest BCUT2D eigenvalue weighted by Crippen LogP contribution is 2.41. The fraction of sp³-hybridized carbons (Fsp3) is 0.148. The van der Waals surface area contributed by atoms with Gasteiger partial charge in [-0.2, -0.15) is 45.5 Å². The van der Waals surface area contributed by atoms with Crippen molar-refractivity contribution in [3.8, 4) is 68.5 Å². The van der Waals surface area contributed by atoms with Gasteiger partial charge in [0.25, 0.3) is 0 Å². The minimum absolute atomic E-state index is 0.0957. The van der Waals surface area contributed by atoms with Gasteiger partial charge in [-0.3, -0.25) is 15.0 Å². The van der Waals surface area contributed by atoms with E-state index in [1.165, 1.54) is 0 Å². The molecule has 0 saturated carbocycles. The molecular weight excluding hydrogens is 1130 g/mol. The van der Waals surface area contributed by atoms with Crippen LogP contribution >= 0.6 is 34.8 Å². The van der Waals surface area contributed by atoms with Crippen LogP contribution in [0.1, 0.15) is 55.6 Å². The Morgan fingerprint density at radius 1 is 0.452 bits per heavy atom. The minimum Gasteiger partial charge on any atom is -0.507 e. The average Bonchev–Trinajstić information content (AvgIpc) is 3.49. The second kappa shape index (κ2) is 25.8. The van der Waals surface area contributed by atoms with E-state index in [4.69, 9.17) is 49.5 Å². The van der Waals surface area contributed by atoms with Gasteiger partial charge in [-0.05, 0) is 229 Å². The summed E-state index contributed by atoms with van der Waals surface area (Å²) in [5.74, 6) is 4.48. The summed E-state index contributed by atoms with van der Waals surface area (Å²) in [6.07, 6.45) is 10.7. The first-order chi connectivity index (χ1) is 40.7. The van der Waals surface area contributed by atoms with E-state index in [0.29, 0.717) is 71.3 Å². The Hall–Kier alpha value is -10.1. The number of nitriles is 1. The number of anilines is 2. The van der Waals surface area contributed by atoms with E-state index in [2.05, 4.69) is 111 Å².